The highest BCUT2D eigenvalue weighted by Crippen LogP contribution is 2.37. The Bertz CT molecular complexity index is 282. The first-order valence-electron chi connectivity index (χ1n) is 4.26. The minimum absolute atomic E-state index is 0.539. The summed E-state index contributed by atoms with van der Waals surface area (Å²) in [6, 6.07) is 2.65. The third-order valence-electron chi connectivity index (χ3n) is 2.43. The van der Waals surface area contributed by atoms with Gasteiger partial charge in [-0.15, -0.1) is 11.3 Å². The molecule has 1 aliphatic rings. The molecule has 0 aromatic carbocycles. The van der Waals surface area contributed by atoms with E-state index in [-0.39, 0.29) is 0 Å². The van der Waals surface area contributed by atoms with Crippen molar-refractivity contribution in [3.05, 3.63) is 20.8 Å². The summed E-state index contributed by atoms with van der Waals surface area (Å²) in [5, 5.41) is 3.32. The Balaban J connectivity index is 2.36. The lowest BCUT2D eigenvalue weighted by atomic mass is 9.94. The smallest absolute Gasteiger partial charge is 0.0934 e. The summed E-state index contributed by atoms with van der Waals surface area (Å²) in [4.78, 5) is 1.48. The molecule has 1 aromatic rings. The van der Waals surface area contributed by atoms with Crippen LogP contribution in [0.5, 0.6) is 0 Å². The van der Waals surface area contributed by atoms with Crippen LogP contribution in [-0.2, 0) is 6.42 Å². The van der Waals surface area contributed by atoms with Gasteiger partial charge in [-0.25, -0.2) is 0 Å². The molecule has 0 fully saturated rings. The van der Waals surface area contributed by atoms with Crippen molar-refractivity contribution in [2.24, 2.45) is 0 Å². The molecular weight excluding hydrogens is 190 g/mol. The molecule has 1 aromatic heterocycles. The van der Waals surface area contributed by atoms with Gasteiger partial charge < -0.3 is 5.32 Å². The molecule has 1 atom stereocenters. The molecule has 0 radical (unpaired) electrons. The summed E-state index contributed by atoms with van der Waals surface area (Å²) < 4.78 is 0.933. The molecule has 3 heteroatoms. The highest BCUT2D eigenvalue weighted by Gasteiger charge is 2.20. The fourth-order valence-electron chi connectivity index (χ4n) is 1.82. The van der Waals surface area contributed by atoms with Crippen LogP contribution in [-0.4, -0.2) is 7.05 Å². The number of aryl methyl sites for hydroxylation is 1. The number of halogens is 1. The fourth-order valence-corrected chi connectivity index (χ4v) is 3.20. The van der Waals surface area contributed by atoms with Crippen molar-refractivity contribution >= 4 is 22.9 Å². The lowest BCUT2D eigenvalue weighted by molar-refractivity contribution is 0.502. The van der Waals surface area contributed by atoms with Gasteiger partial charge in [-0.05, 0) is 37.9 Å². The second-order valence-electron chi connectivity index (χ2n) is 3.16. The number of nitrogens with one attached hydrogen (secondary N) is 1. The predicted octanol–water partition coefficient (Wildman–Crippen LogP) is 3.00. The Morgan fingerprint density at radius 3 is 3.25 bits per heavy atom. The van der Waals surface area contributed by atoms with Gasteiger partial charge in [0.25, 0.3) is 0 Å². The molecule has 1 aliphatic carbocycles. The van der Waals surface area contributed by atoms with Crippen LogP contribution < -0.4 is 5.32 Å². The molecule has 0 amide bonds. The number of fused-ring (bicyclic) bond motifs is 1. The summed E-state index contributed by atoms with van der Waals surface area (Å²) in [5.74, 6) is 0. The highest BCUT2D eigenvalue weighted by molar-refractivity contribution is 7.16. The van der Waals surface area contributed by atoms with Gasteiger partial charge in [-0.1, -0.05) is 11.6 Å². The van der Waals surface area contributed by atoms with Crippen LogP contribution in [0.4, 0.5) is 0 Å². The molecule has 1 N–H and O–H groups in total. The molecule has 1 heterocycles. The van der Waals surface area contributed by atoms with Crippen LogP contribution in [0.25, 0.3) is 0 Å². The van der Waals surface area contributed by atoms with E-state index >= 15 is 0 Å². The van der Waals surface area contributed by atoms with E-state index in [9.17, 15) is 0 Å². The van der Waals surface area contributed by atoms with Gasteiger partial charge >= 0.3 is 0 Å². The van der Waals surface area contributed by atoms with Crippen LogP contribution in [0.2, 0.25) is 4.34 Å². The highest BCUT2D eigenvalue weighted by atomic mass is 35.5. The van der Waals surface area contributed by atoms with Crippen LogP contribution in [0.3, 0.4) is 0 Å². The second-order valence-corrected chi connectivity index (χ2v) is 4.93. The van der Waals surface area contributed by atoms with Crippen molar-refractivity contribution in [1.29, 1.82) is 0 Å². The van der Waals surface area contributed by atoms with Crippen molar-refractivity contribution in [2.75, 3.05) is 7.05 Å². The summed E-state index contributed by atoms with van der Waals surface area (Å²) in [6.45, 7) is 0. The minimum Gasteiger partial charge on any atom is -0.313 e. The molecule has 12 heavy (non-hydrogen) atoms. The SMILES string of the molecule is CNC1CCCc2sc(Cl)cc21. The average molecular weight is 202 g/mol. The summed E-state index contributed by atoms with van der Waals surface area (Å²) >= 11 is 7.70. The normalized spacial score (nSPS) is 22.3. The van der Waals surface area contributed by atoms with Crippen molar-refractivity contribution < 1.29 is 0 Å². The number of rotatable bonds is 1. The fraction of sp³-hybridized carbons (Fsp3) is 0.556. The minimum atomic E-state index is 0.539. The van der Waals surface area contributed by atoms with Gasteiger partial charge in [0.1, 0.15) is 0 Å². The number of hydrogen-bond donors (Lipinski definition) is 1. The standard InChI is InChI=1S/C9H12ClNS/c1-11-7-3-2-4-8-6(7)5-9(10)12-8/h5,7,11H,2-4H2,1H3. The Hall–Kier alpha value is -0.0500. The molecule has 0 spiro atoms. The summed E-state index contributed by atoms with van der Waals surface area (Å²) in [7, 11) is 2.02. The van der Waals surface area contributed by atoms with E-state index in [0.717, 1.165) is 4.34 Å². The van der Waals surface area contributed by atoms with Crippen molar-refractivity contribution in [2.45, 2.75) is 25.3 Å². The molecule has 1 unspecified atom stereocenters. The van der Waals surface area contributed by atoms with Crippen molar-refractivity contribution in [3.8, 4) is 0 Å². The van der Waals surface area contributed by atoms with Gasteiger partial charge in [0.2, 0.25) is 0 Å². The molecular formula is C9H12ClNS. The van der Waals surface area contributed by atoms with Gasteiger partial charge in [0.15, 0.2) is 0 Å². The maximum atomic E-state index is 5.96. The Labute approximate surface area is 81.7 Å². The maximum Gasteiger partial charge on any atom is 0.0934 e. The van der Waals surface area contributed by atoms with Crippen LogP contribution in [0, 0.1) is 0 Å². The zero-order valence-electron chi connectivity index (χ0n) is 7.06. The Kier molecular flexibility index (Phi) is 2.40. The predicted molar refractivity (Wildman–Crippen MR) is 54.1 cm³/mol. The average Bonchev–Trinajstić information content (AvgIpc) is 2.44. The summed E-state index contributed by atoms with van der Waals surface area (Å²) in [6.07, 6.45) is 3.75. The van der Waals surface area contributed by atoms with E-state index in [4.69, 9.17) is 11.6 Å². The van der Waals surface area contributed by atoms with E-state index in [1.54, 1.807) is 11.3 Å². The van der Waals surface area contributed by atoms with E-state index < -0.39 is 0 Å². The number of hydrogen-bond acceptors (Lipinski definition) is 2. The van der Waals surface area contributed by atoms with E-state index in [1.165, 1.54) is 29.7 Å². The van der Waals surface area contributed by atoms with Gasteiger partial charge in [-0.2, -0.15) is 0 Å². The molecule has 2 rings (SSSR count). The summed E-state index contributed by atoms with van der Waals surface area (Å²) in [5.41, 5.74) is 1.43. The topological polar surface area (TPSA) is 12.0 Å². The zero-order valence-corrected chi connectivity index (χ0v) is 8.63. The largest absolute Gasteiger partial charge is 0.313 e. The van der Waals surface area contributed by atoms with Crippen molar-refractivity contribution in [3.63, 3.8) is 0 Å². The first-order chi connectivity index (χ1) is 5.81. The first kappa shape index (κ1) is 8.54. The second kappa shape index (κ2) is 3.36. The molecule has 0 saturated heterocycles. The lowest BCUT2D eigenvalue weighted by Gasteiger charge is -2.21. The third-order valence-corrected chi connectivity index (χ3v) is 3.77. The molecule has 0 aliphatic heterocycles. The monoisotopic (exact) mass is 201 g/mol. The maximum absolute atomic E-state index is 5.96. The van der Waals surface area contributed by atoms with E-state index in [0.29, 0.717) is 6.04 Å². The zero-order chi connectivity index (χ0) is 8.55. The first-order valence-corrected chi connectivity index (χ1v) is 5.46. The molecule has 0 saturated carbocycles. The molecule has 1 nitrogen and oxygen atoms in total. The lowest BCUT2D eigenvalue weighted by Crippen LogP contribution is -2.19. The van der Waals surface area contributed by atoms with Crippen molar-refractivity contribution in [1.82, 2.24) is 5.32 Å². The van der Waals surface area contributed by atoms with Gasteiger partial charge in [0.05, 0.1) is 4.34 Å². The quantitative estimate of drug-likeness (QED) is 0.737. The Morgan fingerprint density at radius 2 is 2.50 bits per heavy atom. The van der Waals surface area contributed by atoms with E-state index in [2.05, 4.69) is 11.4 Å². The Morgan fingerprint density at radius 1 is 1.67 bits per heavy atom. The third kappa shape index (κ3) is 1.39. The molecule has 66 valence electrons. The molecule has 0 bridgehead atoms. The van der Waals surface area contributed by atoms with Gasteiger partial charge in [0, 0.05) is 10.9 Å². The van der Waals surface area contributed by atoms with Gasteiger partial charge in [-0.3, -0.25) is 0 Å². The number of thiophene rings is 1. The van der Waals surface area contributed by atoms with E-state index in [1.807, 2.05) is 7.05 Å². The van der Waals surface area contributed by atoms with Crippen LogP contribution in [0.1, 0.15) is 29.3 Å². The van der Waals surface area contributed by atoms with Crippen LogP contribution in [0.15, 0.2) is 6.07 Å². The van der Waals surface area contributed by atoms with Crippen LogP contribution >= 0.6 is 22.9 Å².